The number of rotatable bonds is 5. The molecule has 1 amide bonds. The van der Waals surface area contributed by atoms with E-state index in [0.29, 0.717) is 15.9 Å². The van der Waals surface area contributed by atoms with Gasteiger partial charge < -0.3 is 0 Å². The Labute approximate surface area is 174 Å². The molecule has 28 heavy (non-hydrogen) atoms. The minimum absolute atomic E-state index is 0.110. The molecular formula is C20H21ClN2O3S2. The van der Waals surface area contributed by atoms with Gasteiger partial charge in [-0.05, 0) is 50.2 Å². The average molecular weight is 437 g/mol. The van der Waals surface area contributed by atoms with Gasteiger partial charge in [-0.3, -0.25) is 14.7 Å². The second kappa shape index (κ2) is 8.68. The lowest BCUT2D eigenvalue weighted by atomic mass is 10.2. The highest BCUT2D eigenvalue weighted by Crippen LogP contribution is 2.27. The van der Waals surface area contributed by atoms with Gasteiger partial charge in [-0.2, -0.15) is 0 Å². The third-order valence-corrected chi connectivity index (χ3v) is 7.45. The number of halogens is 1. The van der Waals surface area contributed by atoms with Crippen LogP contribution >= 0.6 is 23.4 Å². The Morgan fingerprint density at radius 1 is 1.18 bits per heavy atom. The van der Waals surface area contributed by atoms with Crippen LogP contribution in [0.1, 0.15) is 18.9 Å². The highest BCUT2D eigenvalue weighted by atomic mass is 35.5. The lowest BCUT2D eigenvalue weighted by molar-refractivity contribution is -0.117. The van der Waals surface area contributed by atoms with Gasteiger partial charge in [-0.15, -0.1) is 0 Å². The van der Waals surface area contributed by atoms with E-state index in [1.54, 1.807) is 48.5 Å². The Morgan fingerprint density at radius 3 is 2.39 bits per heavy atom. The van der Waals surface area contributed by atoms with Crippen molar-refractivity contribution in [2.24, 2.45) is 4.99 Å². The number of thioether (sulfide) groups is 1. The normalized spacial score (nSPS) is 16.7. The summed E-state index contributed by atoms with van der Waals surface area (Å²) in [6.07, 6.45) is -0.132. The molecule has 0 saturated carbocycles. The van der Waals surface area contributed by atoms with Crippen LogP contribution in [0.4, 0.5) is 5.69 Å². The first kappa shape index (κ1) is 20.9. The molecule has 8 heteroatoms. The molecule has 3 rings (SSSR count). The molecule has 1 aliphatic heterocycles. The molecule has 0 aliphatic carbocycles. The molecule has 0 N–H and O–H groups in total. The molecule has 1 aliphatic rings. The Morgan fingerprint density at radius 2 is 1.82 bits per heavy atom. The van der Waals surface area contributed by atoms with Gasteiger partial charge in [-0.1, -0.05) is 41.1 Å². The van der Waals surface area contributed by atoms with E-state index in [9.17, 15) is 13.2 Å². The lowest BCUT2D eigenvalue weighted by Crippen LogP contribution is -2.35. The largest absolute Gasteiger partial charge is 0.274 e. The SMILES string of the molecule is Cc1ccc(S(=O)(=O)CCC(=O)N(C2=N[C@H](C)CS2)c2ccc(Cl)cc2)cc1. The van der Waals surface area contributed by atoms with Crippen molar-refractivity contribution in [3.63, 3.8) is 0 Å². The molecule has 5 nitrogen and oxygen atoms in total. The third kappa shape index (κ3) is 4.96. The summed E-state index contributed by atoms with van der Waals surface area (Å²) in [5, 5.41) is 1.15. The van der Waals surface area contributed by atoms with Crippen molar-refractivity contribution in [1.82, 2.24) is 0 Å². The zero-order valence-corrected chi connectivity index (χ0v) is 18.0. The first-order valence-electron chi connectivity index (χ1n) is 8.85. The summed E-state index contributed by atoms with van der Waals surface area (Å²) >= 11 is 7.45. The highest BCUT2D eigenvalue weighted by Gasteiger charge is 2.28. The van der Waals surface area contributed by atoms with Gasteiger partial charge in [-0.25, -0.2) is 8.42 Å². The fourth-order valence-corrected chi connectivity index (χ4v) is 5.14. The van der Waals surface area contributed by atoms with E-state index in [-0.39, 0.29) is 29.0 Å². The van der Waals surface area contributed by atoms with E-state index in [4.69, 9.17) is 11.6 Å². The van der Waals surface area contributed by atoms with Gasteiger partial charge in [0.25, 0.3) is 0 Å². The molecule has 2 aromatic rings. The maximum absolute atomic E-state index is 13.0. The standard InChI is InChI=1S/C20H21ClN2O3S2/c1-14-3-9-18(10-4-14)28(25,26)12-11-19(24)23(20-22-15(2)13-27-20)17-7-5-16(21)6-8-17/h3-10,15H,11-13H2,1-2H3/t15-/m1/s1. The summed E-state index contributed by atoms with van der Waals surface area (Å²) in [6, 6.07) is 13.6. The Kier molecular flexibility index (Phi) is 6.47. The number of anilines is 1. The van der Waals surface area contributed by atoms with Crippen LogP contribution in [-0.2, 0) is 14.6 Å². The van der Waals surface area contributed by atoms with Gasteiger partial charge in [0.1, 0.15) is 0 Å². The number of amidine groups is 1. The van der Waals surface area contributed by atoms with Gasteiger partial charge in [0.05, 0.1) is 22.4 Å². The molecular weight excluding hydrogens is 416 g/mol. The maximum atomic E-state index is 13.0. The lowest BCUT2D eigenvalue weighted by Gasteiger charge is -2.22. The van der Waals surface area contributed by atoms with E-state index in [1.165, 1.54) is 16.7 Å². The van der Waals surface area contributed by atoms with Crippen molar-refractivity contribution in [2.75, 3.05) is 16.4 Å². The smallest absolute Gasteiger partial charge is 0.234 e. The Balaban J connectivity index is 1.80. The molecule has 0 bridgehead atoms. The maximum Gasteiger partial charge on any atom is 0.234 e. The molecule has 0 fully saturated rings. The summed E-state index contributed by atoms with van der Waals surface area (Å²) in [7, 11) is -3.54. The number of sulfone groups is 1. The zero-order chi connectivity index (χ0) is 20.3. The number of aryl methyl sites for hydroxylation is 1. The van der Waals surface area contributed by atoms with E-state index in [2.05, 4.69) is 4.99 Å². The topological polar surface area (TPSA) is 66.8 Å². The van der Waals surface area contributed by atoms with Crippen LogP contribution in [0.3, 0.4) is 0 Å². The Bertz CT molecular complexity index is 987. The van der Waals surface area contributed by atoms with Crippen molar-refractivity contribution in [2.45, 2.75) is 31.2 Å². The van der Waals surface area contributed by atoms with Crippen molar-refractivity contribution in [3.05, 3.63) is 59.1 Å². The molecule has 1 atom stereocenters. The predicted octanol–water partition coefficient (Wildman–Crippen LogP) is 4.34. The molecule has 0 unspecified atom stereocenters. The number of carbonyl (C=O) groups is 1. The van der Waals surface area contributed by atoms with Crippen LogP contribution in [-0.4, -0.2) is 37.0 Å². The van der Waals surface area contributed by atoms with Crippen molar-refractivity contribution in [3.8, 4) is 0 Å². The van der Waals surface area contributed by atoms with Crippen LogP contribution in [0.15, 0.2) is 58.4 Å². The number of hydrogen-bond donors (Lipinski definition) is 0. The van der Waals surface area contributed by atoms with Crippen molar-refractivity contribution in [1.29, 1.82) is 0 Å². The molecule has 148 valence electrons. The third-order valence-electron chi connectivity index (χ3n) is 4.27. The fourth-order valence-electron chi connectivity index (χ4n) is 2.73. The number of aliphatic imine (C=N–C) groups is 1. The van der Waals surface area contributed by atoms with Crippen LogP contribution in [0, 0.1) is 6.92 Å². The van der Waals surface area contributed by atoms with Gasteiger partial charge in [0.2, 0.25) is 5.91 Å². The number of carbonyl (C=O) groups excluding carboxylic acids is 1. The highest BCUT2D eigenvalue weighted by molar-refractivity contribution is 8.14. The molecule has 0 saturated heterocycles. The quantitative estimate of drug-likeness (QED) is 0.699. The number of nitrogens with zero attached hydrogens (tertiary/aromatic N) is 2. The summed E-state index contributed by atoms with van der Waals surface area (Å²) in [5.41, 5.74) is 1.61. The van der Waals surface area contributed by atoms with E-state index < -0.39 is 9.84 Å². The number of benzene rings is 2. The summed E-state index contributed by atoms with van der Waals surface area (Å²) in [4.78, 5) is 19.2. The number of hydrogen-bond acceptors (Lipinski definition) is 5. The first-order chi connectivity index (χ1) is 13.3. The predicted molar refractivity (Wildman–Crippen MR) is 116 cm³/mol. The molecule has 2 aromatic carbocycles. The van der Waals surface area contributed by atoms with Gasteiger partial charge >= 0.3 is 0 Å². The van der Waals surface area contributed by atoms with Crippen LogP contribution in [0.25, 0.3) is 0 Å². The minimum atomic E-state index is -3.54. The number of amides is 1. The van der Waals surface area contributed by atoms with E-state index in [1.807, 2.05) is 13.8 Å². The summed E-state index contributed by atoms with van der Waals surface area (Å²) in [5.74, 6) is 0.222. The molecule has 0 aromatic heterocycles. The Hall–Kier alpha value is -1.83. The van der Waals surface area contributed by atoms with Crippen LogP contribution in [0.2, 0.25) is 5.02 Å². The van der Waals surface area contributed by atoms with Crippen molar-refractivity contribution < 1.29 is 13.2 Å². The molecule has 1 heterocycles. The van der Waals surface area contributed by atoms with E-state index >= 15 is 0 Å². The van der Waals surface area contributed by atoms with Crippen LogP contribution in [0.5, 0.6) is 0 Å². The average Bonchev–Trinajstić information content (AvgIpc) is 3.08. The fraction of sp³-hybridized carbons (Fsp3) is 0.300. The first-order valence-corrected chi connectivity index (χ1v) is 11.9. The van der Waals surface area contributed by atoms with Crippen molar-refractivity contribution >= 4 is 50.0 Å². The second-order valence-corrected chi connectivity index (χ2v) is 10.2. The van der Waals surface area contributed by atoms with Gasteiger partial charge in [0, 0.05) is 17.2 Å². The van der Waals surface area contributed by atoms with Crippen LogP contribution < -0.4 is 4.90 Å². The molecule has 0 radical (unpaired) electrons. The zero-order valence-electron chi connectivity index (χ0n) is 15.6. The van der Waals surface area contributed by atoms with E-state index in [0.717, 1.165) is 11.3 Å². The van der Waals surface area contributed by atoms with Gasteiger partial charge in [0.15, 0.2) is 15.0 Å². The monoisotopic (exact) mass is 436 g/mol. The molecule has 0 spiro atoms. The summed E-state index contributed by atoms with van der Waals surface area (Å²) < 4.78 is 25.2. The minimum Gasteiger partial charge on any atom is -0.274 e. The second-order valence-electron chi connectivity index (χ2n) is 6.66. The summed E-state index contributed by atoms with van der Waals surface area (Å²) in [6.45, 7) is 3.87.